The minimum atomic E-state index is -4.50. The number of alkyl halides is 3. The van der Waals surface area contributed by atoms with Gasteiger partial charge in [0.1, 0.15) is 11.6 Å². The number of benzene rings is 1. The van der Waals surface area contributed by atoms with E-state index in [1.165, 1.54) is 10.6 Å². The van der Waals surface area contributed by atoms with E-state index in [1.807, 2.05) is 0 Å². The van der Waals surface area contributed by atoms with Gasteiger partial charge in [0.05, 0.1) is 4.88 Å². The van der Waals surface area contributed by atoms with Crippen LogP contribution in [-0.2, 0) is 6.18 Å². The lowest BCUT2D eigenvalue weighted by atomic mass is 10.2. The first-order valence-electron chi connectivity index (χ1n) is 8.10. The van der Waals surface area contributed by atoms with Crippen LogP contribution in [0, 0.1) is 0 Å². The Bertz CT molecular complexity index is 1190. The van der Waals surface area contributed by atoms with Crippen molar-refractivity contribution in [3.05, 3.63) is 65.1 Å². The third kappa shape index (κ3) is 3.89. The van der Waals surface area contributed by atoms with E-state index in [0.717, 1.165) is 17.5 Å². The van der Waals surface area contributed by atoms with Gasteiger partial charge in [-0.2, -0.15) is 13.2 Å². The third-order valence-electron chi connectivity index (χ3n) is 3.98. The van der Waals surface area contributed by atoms with Gasteiger partial charge in [-0.15, -0.1) is 0 Å². The van der Waals surface area contributed by atoms with Gasteiger partial charge in [0.15, 0.2) is 10.7 Å². The van der Waals surface area contributed by atoms with Crippen molar-refractivity contribution in [3.8, 4) is 10.4 Å². The standard InChI is InChI=1S/C18H11ClF3N5OS/c19-10-3-1-9(2-4-10)16(28)26-14-6-5-11(15(23)25-14)12-7-27-8-13(18(20,21)22)24-17(27)29-12/h1-8H,(H3,23,25,26,28). The van der Waals surface area contributed by atoms with Crippen LogP contribution < -0.4 is 11.1 Å². The predicted octanol–water partition coefficient (Wildman–Crippen LogP) is 4.96. The number of aromatic nitrogens is 3. The number of carbonyl (C=O) groups is 1. The normalized spacial score (nSPS) is 11.7. The van der Waals surface area contributed by atoms with Crippen molar-refractivity contribution in [2.24, 2.45) is 0 Å². The number of halogens is 4. The van der Waals surface area contributed by atoms with Crippen LogP contribution in [0.1, 0.15) is 16.1 Å². The Morgan fingerprint density at radius 3 is 2.45 bits per heavy atom. The number of fused-ring (bicyclic) bond motifs is 1. The average molecular weight is 438 g/mol. The molecular formula is C18H11ClF3N5OS. The van der Waals surface area contributed by atoms with Crippen LogP contribution >= 0.6 is 22.9 Å². The first kappa shape index (κ1) is 19.2. The molecule has 0 bridgehead atoms. The number of anilines is 2. The van der Waals surface area contributed by atoms with Crippen molar-refractivity contribution in [2.75, 3.05) is 11.1 Å². The van der Waals surface area contributed by atoms with E-state index < -0.39 is 11.9 Å². The molecule has 0 spiro atoms. The smallest absolute Gasteiger partial charge is 0.383 e. The molecule has 0 saturated carbocycles. The van der Waals surface area contributed by atoms with Gasteiger partial charge in [0.2, 0.25) is 0 Å². The summed E-state index contributed by atoms with van der Waals surface area (Å²) >= 11 is 6.85. The average Bonchev–Trinajstić information content (AvgIpc) is 3.21. The summed E-state index contributed by atoms with van der Waals surface area (Å²) < 4.78 is 39.5. The molecule has 0 aliphatic rings. The second-order valence-corrected chi connectivity index (χ2v) is 7.45. The zero-order chi connectivity index (χ0) is 20.8. The van der Waals surface area contributed by atoms with Gasteiger partial charge in [0.25, 0.3) is 5.91 Å². The van der Waals surface area contributed by atoms with E-state index in [9.17, 15) is 18.0 Å². The highest BCUT2D eigenvalue weighted by Gasteiger charge is 2.34. The summed E-state index contributed by atoms with van der Waals surface area (Å²) in [6, 6.07) is 9.54. The lowest BCUT2D eigenvalue weighted by Crippen LogP contribution is -2.13. The van der Waals surface area contributed by atoms with Gasteiger partial charge in [-0.25, -0.2) is 9.97 Å². The van der Waals surface area contributed by atoms with Gasteiger partial charge < -0.3 is 11.1 Å². The van der Waals surface area contributed by atoms with Crippen LogP contribution in [0.4, 0.5) is 24.8 Å². The molecular weight excluding hydrogens is 427 g/mol. The maximum atomic E-state index is 12.7. The number of nitrogen functional groups attached to an aromatic ring is 1. The highest BCUT2D eigenvalue weighted by atomic mass is 35.5. The molecule has 4 rings (SSSR count). The van der Waals surface area contributed by atoms with Gasteiger partial charge in [0, 0.05) is 28.5 Å². The second kappa shape index (κ2) is 7.05. The Morgan fingerprint density at radius 2 is 1.83 bits per heavy atom. The minimum Gasteiger partial charge on any atom is -0.383 e. The highest BCUT2D eigenvalue weighted by molar-refractivity contribution is 7.20. The van der Waals surface area contributed by atoms with Crippen molar-refractivity contribution >= 4 is 45.4 Å². The molecule has 0 unspecified atom stereocenters. The molecule has 11 heteroatoms. The van der Waals surface area contributed by atoms with Gasteiger partial charge in [-0.3, -0.25) is 9.20 Å². The minimum absolute atomic E-state index is 0.124. The first-order valence-corrected chi connectivity index (χ1v) is 9.30. The number of nitrogens with two attached hydrogens (primary N) is 1. The second-order valence-electron chi connectivity index (χ2n) is 6.00. The van der Waals surface area contributed by atoms with E-state index in [1.54, 1.807) is 36.4 Å². The maximum Gasteiger partial charge on any atom is 0.434 e. The number of hydrogen-bond acceptors (Lipinski definition) is 5. The molecule has 3 aromatic heterocycles. The summed E-state index contributed by atoms with van der Waals surface area (Å²) in [5.74, 6) is -0.0121. The fourth-order valence-corrected chi connectivity index (χ4v) is 3.73. The molecule has 3 heterocycles. The van der Waals surface area contributed by atoms with Crippen LogP contribution in [0.15, 0.2) is 48.8 Å². The molecule has 4 aromatic rings. The summed E-state index contributed by atoms with van der Waals surface area (Å²) in [6.07, 6.45) is -2.09. The number of thiazole rings is 1. The molecule has 0 saturated heterocycles. The van der Waals surface area contributed by atoms with Crippen molar-refractivity contribution < 1.29 is 18.0 Å². The molecule has 0 aliphatic heterocycles. The number of hydrogen-bond donors (Lipinski definition) is 2. The Kier molecular flexibility index (Phi) is 4.67. The molecule has 1 amide bonds. The molecule has 0 atom stereocenters. The molecule has 0 fully saturated rings. The van der Waals surface area contributed by atoms with Crippen molar-refractivity contribution in [1.29, 1.82) is 0 Å². The van der Waals surface area contributed by atoms with E-state index in [4.69, 9.17) is 17.3 Å². The summed E-state index contributed by atoms with van der Waals surface area (Å²) in [4.78, 5) is 20.8. The molecule has 6 nitrogen and oxygen atoms in total. The lowest BCUT2D eigenvalue weighted by Gasteiger charge is -2.08. The first-order chi connectivity index (χ1) is 13.7. The fraction of sp³-hybridized carbons (Fsp3) is 0.0556. The van der Waals surface area contributed by atoms with Crippen LogP contribution in [0.25, 0.3) is 15.4 Å². The van der Waals surface area contributed by atoms with Gasteiger partial charge in [-0.05, 0) is 36.4 Å². The van der Waals surface area contributed by atoms with Crippen molar-refractivity contribution in [2.45, 2.75) is 6.18 Å². The zero-order valence-corrected chi connectivity index (χ0v) is 15.9. The third-order valence-corrected chi connectivity index (χ3v) is 5.27. The van der Waals surface area contributed by atoms with Gasteiger partial charge in [-0.1, -0.05) is 22.9 Å². The summed E-state index contributed by atoms with van der Waals surface area (Å²) in [5, 5.41) is 3.14. The van der Waals surface area contributed by atoms with Crippen LogP contribution in [0.5, 0.6) is 0 Å². The van der Waals surface area contributed by atoms with Crippen molar-refractivity contribution in [1.82, 2.24) is 14.4 Å². The zero-order valence-electron chi connectivity index (χ0n) is 14.4. The largest absolute Gasteiger partial charge is 0.434 e. The number of amides is 1. The number of nitrogens with zero attached hydrogens (tertiary/aromatic N) is 3. The lowest BCUT2D eigenvalue weighted by molar-refractivity contribution is -0.140. The van der Waals surface area contributed by atoms with Crippen LogP contribution in [0.2, 0.25) is 5.02 Å². The van der Waals surface area contributed by atoms with Crippen LogP contribution in [0.3, 0.4) is 0 Å². The Morgan fingerprint density at radius 1 is 1.10 bits per heavy atom. The topological polar surface area (TPSA) is 85.3 Å². The number of carbonyl (C=O) groups excluding carboxylic acids is 1. The van der Waals surface area contributed by atoms with E-state index in [0.29, 0.717) is 21.0 Å². The summed E-state index contributed by atoms with van der Waals surface area (Å²) in [6.45, 7) is 0. The maximum absolute atomic E-state index is 12.7. The molecule has 29 heavy (non-hydrogen) atoms. The fourth-order valence-electron chi connectivity index (χ4n) is 2.60. The molecule has 148 valence electrons. The molecule has 0 radical (unpaired) electrons. The quantitative estimate of drug-likeness (QED) is 0.474. The number of rotatable bonds is 3. The number of pyridine rings is 1. The van der Waals surface area contributed by atoms with Crippen LogP contribution in [-0.4, -0.2) is 20.3 Å². The number of imidazole rings is 1. The monoisotopic (exact) mass is 437 g/mol. The molecule has 1 aromatic carbocycles. The summed E-state index contributed by atoms with van der Waals surface area (Å²) in [5.41, 5.74) is 5.97. The molecule has 3 N–H and O–H groups in total. The van der Waals surface area contributed by atoms with E-state index in [-0.39, 0.29) is 22.5 Å². The Labute approximate surface area is 170 Å². The van der Waals surface area contributed by atoms with E-state index in [2.05, 4.69) is 15.3 Å². The number of nitrogens with one attached hydrogen (secondary N) is 1. The van der Waals surface area contributed by atoms with Gasteiger partial charge >= 0.3 is 6.18 Å². The Hall–Kier alpha value is -3.11. The van der Waals surface area contributed by atoms with E-state index >= 15 is 0 Å². The highest BCUT2D eigenvalue weighted by Crippen LogP contribution is 2.35. The Balaban J connectivity index is 1.57. The SMILES string of the molecule is Nc1nc(NC(=O)c2ccc(Cl)cc2)ccc1-c1cn2cc(C(F)(F)F)nc2s1. The summed E-state index contributed by atoms with van der Waals surface area (Å²) in [7, 11) is 0. The van der Waals surface area contributed by atoms with Crippen molar-refractivity contribution in [3.63, 3.8) is 0 Å². The predicted molar refractivity (Wildman–Crippen MR) is 105 cm³/mol. The molecule has 0 aliphatic carbocycles.